The molecule has 0 fully saturated rings. The van der Waals surface area contributed by atoms with Gasteiger partial charge in [0.25, 0.3) is 0 Å². The first kappa shape index (κ1) is 15.5. The lowest BCUT2D eigenvalue weighted by Crippen LogP contribution is -2.26. The van der Waals surface area contributed by atoms with Gasteiger partial charge in [0.15, 0.2) is 0 Å². The van der Waals surface area contributed by atoms with Gasteiger partial charge in [-0.25, -0.2) is 0 Å². The Kier molecular flexibility index (Phi) is 6.97. The lowest BCUT2D eigenvalue weighted by molar-refractivity contribution is -0.121. The Morgan fingerprint density at radius 1 is 1.26 bits per heavy atom. The molecule has 0 bridgehead atoms. The van der Waals surface area contributed by atoms with Crippen LogP contribution in [0.25, 0.3) is 0 Å². The van der Waals surface area contributed by atoms with Crippen LogP contribution >= 0.6 is 0 Å². The van der Waals surface area contributed by atoms with Crippen LogP contribution in [0, 0.1) is 13.8 Å². The number of rotatable bonds is 8. The van der Waals surface area contributed by atoms with Gasteiger partial charge in [-0.3, -0.25) is 4.79 Å². The Balaban J connectivity index is 2.23. The van der Waals surface area contributed by atoms with E-state index in [-0.39, 0.29) is 5.91 Å². The molecule has 1 rings (SSSR count). The number of benzene rings is 1. The van der Waals surface area contributed by atoms with E-state index in [1.165, 1.54) is 5.56 Å². The number of carbonyl (C=O) groups excluding carboxylic acids is 1. The molecule has 1 aromatic carbocycles. The zero-order valence-corrected chi connectivity index (χ0v) is 12.0. The predicted molar refractivity (Wildman–Crippen MR) is 75.5 cm³/mol. The van der Waals surface area contributed by atoms with E-state index >= 15 is 0 Å². The van der Waals surface area contributed by atoms with Crippen molar-refractivity contribution in [3.8, 4) is 5.75 Å². The van der Waals surface area contributed by atoms with E-state index in [0.717, 1.165) is 17.7 Å². The van der Waals surface area contributed by atoms with E-state index in [4.69, 9.17) is 9.47 Å². The smallest absolute Gasteiger partial charge is 0.223 e. The topological polar surface area (TPSA) is 47.6 Å². The fourth-order valence-corrected chi connectivity index (χ4v) is 1.67. The van der Waals surface area contributed by atoms with Crippen LogP contribution in [0.1, 0.15) is 24.0 Å². The molecule has 0 aliphatic carbocycles. The summed E-state index contributed by atoms with van der Waals surface area (Å²) in [5, 5.41) is 2.83. The second-order valence-corrected chi connectivity index (χ2v) is 4.49. The van der Waals surface area contributed by atoms with Crippen LogP contribution in [0.4, 0.5) is 0 Å². The second-order valence-electron chi connectivity index (χ2n) is 4.49. The van der Waals surface area contributed by atoms with E-state index in [2.05, 4.69) is 5.32 Å². The largest absolute Gasteiger partial charge is 0.493 e. The molecule has 0 heterocycles. The summed E-state index contributed by atoms with van der Waals surface area (Å²) in [7, 11) is 1.65. The van der Waals surface area contributed by atoms with Crippen molar-refractivity contribution in [1.82, 2.24) is 5.32 Å². The third-order valence-corrected chi connectivity index (χ3v) is 2.99. The first-order valence-electron chi connectivity index (χ1n) is 6.59. The quantitative estimate of drug-likeness (QED) is 0.733. The Morgan fingerprint density at radius 3 is 2.79 bits per heavy atom. The summed E-state index contributed by atoms with van der Waals surface area (Å²) in [6, 6.07) is 5.94. The molecule has 1 N–H and O–H groups in total. The molecule has 0 aliphatic heterocycles. The highest BCUT2D eigenvalue weighted by Crippen LogP contribution is 2.20. The number of methoxy groups -OCH3 is 1. The maximum absolute atomic E-state index is 11.5. The number of hydrogen-bond donors (Lipinski definition) is 1. The number of nitrogens with one attached hydrogen (secondary N) is 1. The van der Waals surface area contributed by atoms with Crippen molar-refractivity contribution in [2.24, 2.45) is 0 Å². The van der Waals surface area contributed by atoms with Crippen molar-refractivity contribution in [3.05, 3.63) is 29.3 Å². The monoisotopic (exact) mass is 265 g/mol. The lowest BCUT2D eigenvalue weighted by atomic mass is 10.1. The van der Waals surface area contributed by atoms with Crippen molar-refractivity contribution in [3.63, 3.8) is 0 Å². The molecule has 0 saturated carbocycles. The summed E-state index contributed by atoms with van der Waals surface area (Å²) in [6.07, 6.45) is 1.21. The van der Waals surface area contributed by atoms with Crippen LogP contribution < -0.4 is 10.1 Å². The fourth-order valence-electron chi connectivity index (χ4n) is 1.67. The maximum atomic E-state index is 11.5. The van der Waals surface area contributed by atoms with Crippen LogP contribution in [-0.4, -0.2) is 32.8 Å². The zero-order valence-electron chi connectivity index (χ0n) is 12.0. The van der Waals surface area contributed by atoms with E-state index in [0.29, 0.717) is 26.2 Å². The lowest BCUT2D eigenvalue weighted by Gasteiger charge is -2.10. The molecule has 0 radical (unpaired) electrons. The Hall–Kier alpha value is -1.55. The Labute approximate surface area is 115 Å². The third-order valence-electron chi connectivity index (χ3n) is 2.99. The Bertz CT molecular complexity index is 404. The van der Waals surface area contributed by atoms with Crippen LogP contribution in [0.15, 0.2) is 18.2 Å². The van der Waals surface area contributed by atoms with Crippen molar-refractivity contribution < 1.29 is 14.3 Å². The number of aryl methyl sites for hydroxylation is 1. The highest BCUT2D eigenvalue weighted by molar-refractivity contribution is 5.75. The van der Waals surface area contributed by atoms with Crippen LogP contribution in [-0.2, 0) is 9.53 Å². The molecule has 0 unspecified atom stereocenters. The second kappa shape index (κ2) is 8.53. The number of ether oxygens (including phenoxy) is 2. The number of amides is 1. The van der Waals surface area contributed by atoms with Crippen molar-refractivity contribution in [2.45, 2.75) is 26.7 Å². The molecule has 0 atom stereocenters. The van der Waals surface area contributed by atoms with E-state index in [1.54, 1.807) is 7.11 Å². The van der Waals surface area contributed by atoms with Gasteiger partial charge in [-0.2, -0.15) is 0 Å². The normalized spacial score (nSPS) is 10.3. The molecular weight excluding hydrogens is 242 g/mol. The van der Waals surface area contributed by atoms with E-state index < -0.39 is 0 Å². The average Bonchev–Trinajstić information content (AvgIpc) is 2.40. The molecule has 1 aromatic rings. The van der Waals surface area contributed by atoms with Gasteiger partial charge in [-0.05, 0) is 37.5 Å². The summed E-state index contributed by atoms with van der Waals surface area (Å²) >= 11 is 0. The van der Waals surface area contributed by atoms with Gasteiger partial charge >= 0.3 is 0 Å². The van der Waals surface area contributed by atoms with Gasteiger partial charge in [0.2, 0.25) is 5.91 Å². The van der Waals surface area contributed by atoms with Gasteiger partial charge in [0, 0.05) is 20.3 Å². The molecular formula is C15H23NO3. The van der Waals surface area contributed by atoms with E-state index in [1.807, 2.05) is 32.0 Å². The van der Waals surface area contributed by atoms with Crippen LogP contribution in [0.3, 0.4) is 0 Å². The summed E-state index contributed by atoms with van der Waals surface area (Å²) in [5.74, 6) is 0.869. The highest BCUT2D eigenvalue weighted by atomic mass is 16.5. The summed E-state index contributed by atoms with van der Waals surface area (Å²) in [5.41, 5.74) is 2.32. The van der Waals surface area contributed by atoms with Gasteiger partial charge in [0.05, 0.1) is 13.0 Å². The summed E-state index contributed by atoms with van der Waals surface area (Å²) in [4.78, 5) is 11.5. The first-order chi connectivity index (χ1) is 9.15. The van der Waals surface area contributed by atoms with Gasteiger partial charge in [0.1, 0.15) is 5.75 Å². The number of carbonyl (C=O) groups is 1. The molecule has 0 spiro atoms. The minimum Gasteiger partial charge on any atom is -0.493 e. The van der Waals surface area contributed by atoms with E-state index in [9.17, 15) is 4.79 Å². The first-order valence-corrected chi connectivity index (χ1v) is 6.59. The van der Waals surface area contributed by atoms with Crippen molar-refractivity contribution in [2.75, 3.05) is 26.9 Å². The van der Waals surface area contributed by atoms with Gasteiger partial charge < -0.3 is 14.8 Å². The van der Waals surface area contributed by atoms with Crippen molar-refractivity contribution >= 4 is 5.91 Å². The molecule has 19 heavy (non-hydrogen) atoms. The maximum Gasteiger partial charge on any atom is 0.223 e. The number of hydrogen-bond acceptors (Lipinski definition) is 3. The molecule has 1 amide bonds. The molecule has 0 aliphatic rings. The molecule has 4 heteroatoms. The Morgan fingerprint density at radius 2 is 2.05 bits per heavy atom. The van der Waals surface area contributed by atoms with Crippen molar-refractivity contribution in [1.29, 1.82) is 0 Å². The molecule has 106 valence electrons. The SMILES string of the molecule is COCCCNC(=O)CCOc1cccc(C)c1C. The minimum absolute atomic E-state index is 0.0152. The van der Waals surface area contributed by atoms with Gasteiger partial charge in [-0.1, -0.05) is 12.1 Å². The standard InChI is InChI=1S/C15H23NO3/c1-12-6-4-7-14(13(12)2)19-11-8-15(17)16-9-5-10-18-3/h4,6-7H,5,8-11H2,1-3H3,(H,16,17). The molecule has 0 saturated heterocycles. The molecule has 4 nitrogen and oxygen atoms in total. The minimum atomic E-state index is 0.0152. The fraction of sp³-hybridized carbons (Fsp3) is 0.533. The third kappa shape index (κ3) is 5.75. The molecule has 0 aromatic heterocycles. The summed E-state index contributed by atoms with van der Waals surface area (Å²) < 4.78 is 10.5. The zero-order chi connectivity index (χ0) is 14.1. The van der Waals surface area contributed by atoms with Crippen LogP contribution in [0.5, 0.6) is 5.75 Å². The highest BCUT2D eigenvalue weighted by Gasteiger charge is 2.04. The summed E-state index contributed by atoms with van der Waals surface area (Å²) in [6.45, 7) is 5.79. The van der Waals surface area contributed by atoms with Crippen LogP contribution in [0.2, 0.25) is 0 Å². The van der Waals surface area contributed by atoms with Gasteiger partial charge in [-0.15, -0.1) is 0 Å². The average molecular weight is 265 g/mol. The predicted octanol–water partition coefficient (Wildman–Crippen LogP) is 2.23.